The summed E-state index contributed by atoms with van der Waals surface area (Å²) in [5.41, 5.74) is 7.07. The number of hydrogen-bond acceptors (Lipinski definition) is 3. The smallest absolute Gasteiger partial charge is 0.243 e. The van der Waals surface area contributed by atoms with Crippen LogP contribution in [0.2, 0.25) is 0 Å². The van der Waals surface area contributed by atoms with Gasteiger partial charge in [0.15, 0.2) is 0 Å². The second kappa shape index (κ2) is 6.46. The molecule has 0 aliphatic carbocycles. The first-order chi connectivity index (χ1) is 9.82. The average molecular weight is 310 g/mol. The predicted octanol–water partition coefficient (Wildman–Crippen LogP) is 2.56. The molecule has 1 fully saturated rings. The third-order valence-electron chi connectivity index (χ3n) is 4.43. The normalized spacial score (nSPS) is 19.9. The van der Waals surface area contributed by atoms with Gasteiger partial charge in [0, 0.05) is 19.1 Å². The summed E-state index contributed by atoms with van der Waals surface area (Å²) in [6, 6.07) is 7.41. The Morgan fingerprint density at radius 2 is 1.62 bits per heavy atom. The quantitative estimate of drug-likeness (QED) is 0.929. The zero-order chi connectivity index (χ0) is 15.6. The molecule has 0 aromatic heterocycles. The van der Waals surface area contributed by atoms with Crippen LogP contribution in [0.5, 0.6) is 0 Å². The van der Waals surface area contributed by atoms with Crippen molar-refractivity contribution in [2.75, 3.05) is 13.1 Å². The highest BCUT2D eigenvalue weighted by molar-refractivity contribution is 7.89. The van der Waals surface area contributed by atoms with Gasteiger partial charge in [-0.2, -0.15) is 4.31 Å². The Morgan fingerprint density at radius 3 is 2.05 bits per heavy atom. The maximum absolute atomic E-state index is 12.6. The molecule has 0 bridgehead atoms. The van der Waals surface area contributed by atoms with E-state index in [2.05, 4.69) is 13.8 Å². The zero-order valence-electron chi connectivity index (χ0n) is 13.1. The Hall–Kier alpha value is -0.910. The number of sulfonamides is 1. The molecule has 1 unspecified atom stereocenters. The summed E-state index contributed by atoms with van der Waals surface area (Å²) < 4.78 is 26.9. The number of piperidine rings is 1. The van der Waals surface area contributed by atoms with Crippen LogP contribution in [0.3, 0.4) is 0 Å². The van der Waals surface area contributed by atoms with Crippen LogP contribution in [-0.4, -0.2) is 31.9 Å². The summed E-state index contributed by atoms with van der Waals surface area (Å²) in [4.78, 5) is 0.395. The fraction of sp³-hybridized carbons (Fsp3) is 0.625. The van der Waals surface area contributed by atoms with Crippen molar-refractivity contribution in [3.8, 4) is 0 Å². The minimum atomic E-state index is -3.36. The van der Waals surface area contributed by atoms with E-state index < -0.39 is 10.0 Å². The molecular weight excluding hydrogens is 284 g/mol. The Bertz CT molecular complexity index is 556. The highest BCUT2D eigenvalue weighted by Gasteiger charge is 2.30. The molecule has 1 aliphatic rings. The topological polar surface area (TPSA) is 63.4 Å². The van der Waals surface area contributed by atoms with Crippen LogP contribution in [0.25, 0.3) is 0 Å². The van der Waals surface area contributed by atoms with Crippen LogP contribution in [0, 0.1) is 5.92 Å². The minimum absolute atomic E-state index is 0.139. The predicted molar refractivity (Wildman–Crippen MR) is 85.7 cm³/mol. The van der Waals surface area contributed by atoms with Gasteiger partial charge >= 0.3 is 0 Å². The van der Waals surface area contributed by atoms with Gasteiger partial charge in [0.25, 0.3) is 0 Å². The van der Waals surface area contributed by atoms with Crippen molar-refractivity contribution in [2.24, 2.45) is 11.7 Å². The largest absolute Gasteiger partial charge is 0.328 e. The number of hydrogen-bond donors (Lipinski definition) is 1. The van der Waals surface area contributed by atoms with E-state index >= 15 is 0 Å². The Balaban J connectivity index is 2.12. The highest BCUT2D eigenvalue weighted by atomic mass is 32.2. The van der Waals surface area contributed by atoms with E-state index in [0.717, 1.165) is 18.4 Å². The van der Waals surface area contributed by atoms with Gasteiger partial charge in [-0.1, -0.05) is 26.0 Å². The third kappa shape index (κ3) is 3.65. The zero-order valence-corrected chi connectivity index (χ0v) is 13.9. The van der Waals surface area contributed by atoms with Crippen LogP contribution < -0.4 is 5.73 Å². The van der Waals surface area contributed by atoms with E-state index in [9.17, 15) is 8.42 Å². The molecule has 2 rings (SSSR count). The number of benzene rings is 1. The molecule has 1 aromatic rings. The highest BCUT2D eigenvalue weighted by Crippen LogP contribution is 2.26. The minimum Gasteiger partial charge on any atom is -0.328 e. The van der Waals surface area contributed by atoms with Crippen molar-refractivity contribution in [1.29, 1.82) is 0 Å². The summed E-state index contributed by atoms with van der Waals surface area (Å²) in [5, 5.41) is 0. The summed E-state index contributed by atoms with van der Waals surface area (Å²) in [6.45, 7) is 7.34. The van der Waals surface area contributed by atoms with Crippen molar-refractivity contribution in [2.45, 2.75) is 50.5 Å². The fourth-order valence-corrected chi connectivity index (χ4v) is 4.29. The molecule has 5 heteroatoms. The molecule has 1 aromatic carbocycles. The van der Waals surface area contributed by atoms with Gasteiger partial charge in [0.05, 0.1) is 4.90 Å². The molecule has 118 valence electrons. The fourth-order valence-electron chi connectivity index (χ4n) is 2.82. The van der Waals surface area contributed by atoms with Crippen LogP contribution in [0.15, 0.2) is 29.2 Å². The first-order valence-corrected chi connectivity index (χ1v) is 9.12. The molecule has 1 heterocycles. The Morgan fingerprint density at radius 1 is 1.10 bits per heavy atom. The lowest BCUT2D eigenvalue weighted by Crippen LogP contribution is -2.42. The van der Waals surface area contributed by atoms with Gasteiger partial charge < -0.3 is 5.73 Å². The van der Waals surface area contributed by atoms with E-state index in [-0.39, 0.29) is 6.04 Å². The van der Waals surface area contributed by atoms with Crippen LogP contribution >= 0.6 is 0 Å². The SMILES string of the molecule is CC(C)c1ccc(S(=O)(=O)N2CCC(C(C)N)CC2)cc1. The van der Waals surface area contributed by atoms with Crippen LogP contribution in [0.4, 0.5) is 0 Å². The summed E-state index contributed by atoms with van der Waals surface area (Å²) in [6.07, 6.45) is 1.70. The van der Waals surface area contributed by atoms with Gasteiger partial charge in [0.1, 0.15) is 0 Å². The van der Waals surface area contributed by atoms with E-state index in [1.807, 2.05) is 19.1 Å². The Labute approximate surface area is 128 Å². The molecule has 1 saturated heterocycles. The molecular formula is C16H26N2O2S. The molecule has 1 aliphatic heterocycles. The van der Waals surface area contributed by atoms with Gasteiger partial charge in [-0.05, 0) is 49.3 Å². The molecule has 2 N–H and O–H groups in total. The first kappa shape index (κ1) is 16.5. The molecule has 0 amide bonds. The van der Waals surface area contributed by atoms with Crippen molar-refractivity contribution >= 4 is 10.0 Å². The molecule has 1 atom stereocenters. The van der Waals surface area contributed by atoms with Crippen LogP contribution in [0.1, 0.15) is 45.1 Å². The van der Waals surface area contributed by atoms with Gasteiger partial charge in [-0.25, -0.2) is 8.42 Å². The van der Waals surface area contributed by atoms with Crippen molar-refractivity contribution in [3.63, 3.8) is 0 Å². The van der Waals surface area contributed by atoms with E-state index in [4.69, 9.17) is 5.73 Å². The summed E-state index contributed by atoms with van der Waals surface area (Å²) in [7, 11) is -3.36. The molecule has 0 radical (unpaired) electrons. The lowest BCUT2D eigenvalue weighted by atomic mass is 9.92. The van der Waals surface area contributed by atoms with Crippen LogP contribution in [-0.2, 0) is 10.0 Å². The van der Waals surface area contributed by atoms with Gasteiger partial charge in [0.2, 0.25) is 10.0 Å². The molecule has 4 nitrogen and oxygen atoms in total. The standard InChI is InChI=1S/C16H26N2O2S/c1-12(2)14-4-6-16(7-5-14)21(19,20)18-10-8-15(9-11-18)13(3)17/h4-7,12-13,15H,8-11,17H2,1-3H3. The second-order valence-electron chi connectivity index (χ2n) is 6.32. The molecule has 21 heavy (non-hydrogen) atoms. The lowest BCUT2D eigenvalue weighted by molar-refractivity contribution is 0.250. The first-order valence-electron chi connectivity index (χ1n) is 7.68. The van der Waals surface area contributed by atoms with Gasteiger partial charge in [-0.3, -0.25) is 0 Å². The molecule has 0 spiro atoms. The summed E-state index contributed by atoms with van der Waals surface area (Å²) in [5.74, 6) is 0.836. The van der Waals surface area contributed by atoms with Crippen molar-refractivity contribution in [1.82, 2.24) is 4.31 Å². The van der Waals surface area contributed by atoms with E-state index in [1.165, 1.54) is 0 Å². The molecule has 0 saturated carbocycles. The van der Waals surface area contributed by atoms with E-state index in [0.29, 0.717) is 29.8 Å². The maximum Gasteiger partial charge on any atom is 0.243 e. The number of nitrogens with two attached hydrogens (primary N) is 1. The van der Waals surface area contributed by atoms with Gasteiger partial charge in [-0.15, -0.1) is 0 Å². The Kier molecular flexibility index (Phi) is 5.07. The summed E-state index contributed by atoms with van der Waals surface area (Å²) >= 11 is 0. The second-order valence-corrected chi connectivity index (χ2v) is 8.26. The van der Waals surface area contributed by atoms with Crippen molar-refractivity contribution < 1.29 is 8.42 Å². The maximum atomic E-state index is 12.6. The number of nitrogens with zero attached hydrogens (tertiary/aromatic N) is 1. The number of rotatable bonds is 4. The monoisotopic (exact) mass is 310 g/mol. The van der Waals surface area contributed by atoms with E-state index in [1.54, 1.807) is 16.4 Å². The average Bonchev–Trinajstić information content (AvgIpc) is 2.47. The third-order valence-corrected chi connectivity index (χ3v) is 6.34. The van der Waals surface area contributed by atoms with Crippen molar-refractivity contribution in [3.05, 3.63) is 29.8 Å². The lowest BCUT2D eigenvalue weighted by Gasteiger charge is -2.33.